The molecule has 2 aromatic rings. The van der Waals surface area contributed by atoms with Gasteiger partial charge in [0.15, 0.2) is 0 Å². The van der Waals surface area contributed by atoms with E-state index in [2.05, 4.69) is 20.8 Å². The molecule has 0 saturated carbocycles. The van der Waals surface area contributed by atoms with E-state index in [4.69, 9.17) is 4.74 Å². The number of anilines is 1. The fourth-order valence-electron chi connectivity index (χ4n) is 3.04. The Bertz CT molecular complexity index is 720. The van der Waals surface area contributed by atoms with Gasteiger partial charge in [0.2, 0.25) is 0 Å². The van der Waals surface area contributed by atoms with Gasteiger partial charge in [-0.1, -0.05) is 0 Å². The van der Waals surface area contributed by atoms with Crippen LogP contribution in [-0.4, -0.2) is 38.2 Å². The zero-order chi connectivity index (χ0) is 16.6. The highest BCUT2D eigenvalue weighted by atomic mass is 16.5. The maximum atomic E-state index is 12.2. The van der Waals surface area contributed by atoms with Crippen molar-refractivity contribution in [2.75, 3.05) is 11.9 Å². The van der Waals surface area contributed by atoms with Gasteiger partial charge in [0.05, 0.1) is 17.9 Å². The number of rotatable bonds is 3. The van der Waals surface area contributed by atoms with E-state index in [1.807, 2.05) is 25.6 Å². The first-order valence-electron chi connectivity index (χ1n) is 7.64. The monoisotopic (exact) mass is 318 g/mol. The molecule has 3 heterocycles. The van der Waals surface area contributed by atoms with Crippen LogP contribution in [0.1, 0.15) is 29.5 Å². The topological polar surface area (TPSA) is 86.0 Å². The van der Waals surface area contributed by atoms with E-state index in [9.17, 15) is 4.79 Å². The van der Waals surface area contributed by atoms with Gasteiger partial charge in [0.25, 0.3) is 0 Å². The number of urea groups is 1. The second-order valence-electron chi connectivity index (χ2n) is 5.83. The Morgan fingerprint density at radius 1 is 1.35 bits per heavy atom. The Labute approximate surface area is 134 Å². The van der Waals surface area contributed by atoms with Crippen molar-refractivity contribution < 1.29 is 9.53 Å². The second-order valence-corrected chi connectivity index (χ2v) is 5.83. The number of aryl methyl sites for hydroxylation is 3. The van der Waals surface area contributed by atoms with Gasteiger partial charge in [0, 0.05) is 38.0 Å². The number of amides is 2. The van der Waals surface area contributed by atoms with Crippen LogP contribution < -0.4 is 10.6 Å². The summed E-state index contributed by atoms with van der Waals surface area (Å²) < 4.78 is 9.33. The van der Waals surface area contributed by atoms with E-state index in [0.717, 1.165) is 23.4 Å². The third-order valence-corrected chi connectivity index (χ3v) is 4.32. The normalized spacial score (nSPS) is 20.7. The van der Waals surface area contributed by atoms with Gasteiger partial charge < -0.3 is 10.1 Å². The number of nitrogens with zero attached hydrogens (tertiary/aromatic N) is 4. The molecule has 2 amide bonds. The highest BCUT2D eigenvalue weighted by Gasteiger charge is 2.34. The van der Waals surface area contributed by atoms with Gasteiger partial charge in [-0.2, -0.15) is 10.2 Å². The Balaban J connectivity index is 1.72. The molecule has 1 fully saturated rings. The number of nitrogens with one attached hydrogen (secondary N) is 2. The minimum atomic E-state index is -0.256. The van der Waals surface area contributed by atoms with Crippen molar-refractivity contribution in [2.45, 2.75) is 32.4 Å². The molecular weight excluding hydrogens is 296 g/mol. The summed E-state index contributed by atoms with van der Waals surface area (Å²) in [6.45, 7) is 4.61. The van der Waals surface area contributed by atoms with Gasteiger partial charge in [-0.15, -0.1) is 0 Å². The maximum absolute atomic E-state index is 12.2. The first-order valence-corrected chi connectivity index (χ1v) is 7.64. The van der Waals surface area contributed by atoms with Crippen LogP contribution in [0.5, 0.6) is 0 Å². The molecule has 2 atom stereocenters. The lowest BCUT2D eigenvalue weighted by atomic mass is 10.0. The van der Waals surface area contributed by atoms with Crippen LogP contribution in [0, 0.1) is 13.8 Å². The average molecular weight is 318 g/mol. The average Bonchev–Trinajstić information content (AvgIpc) is 3.15. The molecular formula is C15H22N6O2. The quantitative estimate of drug-likeness (QED) is 0.896. The van der Waals surface area contributed by atoms with Crippen LogP contribution in [0.25, 0.3) is 0 Å². The molecule has 0 aliphatic carbocycles. The van der Waals surface area contributed by atoms with Crippen molar-refractivity contribution in [1.29, 1.82) is 0 Å². The lowest BCUT2D eigenvalue weighted by Crippen LogP contribution is -2.40. The van der Waals surface area contributed by atoms with Gasteiger partial charge in [-0.3, -0.25) is 14.7 Å². The summed E-state index contributed by atoms with van der Waals surface area (Å²) in [5, 5.41) is 14.3. The molecule has 0 unspecified atom stereocenters. The van der Waals surface area contributed by atoms with Gasteiger partial charge >= 0.3 is 6.03 Å². The number of hydrogen-bond donors (Lipinski definition) is 2. The molecule has 0 spiro atoms. The minimum absolute atomic E-state index is 0.0789. The fraction of sp³-hybridized carbons (Fsp3) is 0.533. The summed E-state index contributed by atoms with van der Waals surface area (Å²) in [6.07, 6.45) is 2.25. The number of carbonyl (C=O) groups is 1. The molecule has 2 aromatic heterocycles. The Morgan fingerprint density at radius 3 is 2.74 bits per heavy atom. The third-order valence-electron chi connectivity index (χ3n) is 4.32. The molecule has 0 aromatic carbocycles. The van der Waals surface area contributed by atoms with E-state index in [0.29, 0.717) is 12.4 Å². The zero-order valence-corrected chi connectivity index (χ0v) is 13.8. The molecule has 8 nitrogen and oxygen atoms in total. The highest BCUT2D eigenvalue weighted by Crippen LogP contribution is 2.33. The SMILES string of the molecule is Cc1nn(C)c(C)c1[C@H]1OCC[C@@H]1NC(=O)Nc1ccnn1C. The van der Waals surface area contributed by atoms with Crippen LogP contribution in [-0.2, 0) is 18.8 Å². The van der Waals surface area contributed by atoms with Crippen molar-refractivity contribution in [3.05, 3.63) is 29.2 Å². The zero-order valence-electron chi connectivity index (χ0n) is 13.8. The molecule has 1 aliphatic heterocycles. The van der Waals surface area contributed by atoms with Crippen LogP contribution in [0.3, 0.4) is 0 Å². The Kier molecular flexibility index (Phi) is 4.08. The minimum Gasteiger partial charge on any atom is -0.371 e. The summed E-state index contributed by atoms with van der Waals surface area (Å²) >= 11 is 0. The Morgan fingerprint density at radius 2 is 2.13 bits per heavy atom. The van der Waals surface area contributed by atoms with Gasteiger partial charge in [0.1, 0.15) is 11.9 Å². The largest absolute Gasteiger partial charge is 0.371 e. The first kappa shape index (κ1) is 15.5. The van der Waals surface area contributed by atoms with Crippen molar-refractivity contribution >= 4 is 11.8 Å². The lowest BCUT2D eigenvalue weighted by molar-refractivity contribution is 0.0993. The van der Waals surface area contributed by atoms with Crippen LogP contribution in [0.2, 0.25) is 0 Å². The van der Waals surface area contributed by atoms with Crippen LogP contribution in [0.15, 0.2) is 12.3 Å². The summed E-state index contributed by atoms with van der Waals surface area (Å²) in [5.74, 6) is 0.645. The van der Waals surface area contributed by atoms with Crippen LogP contribution in [0.4, 0.5) is 10.6 Å². The fourth-order valence-corrected chi connectivity index (χ4v) is 3.04. The summed E-state index contributed by atoms with van der Waals surface area (Å²) in [4.78, 5) is 12.2. The van der Waals surface area contributed by atoms with Crippen molar-refractivity contribution in [3.8, 4) is 0 Å². The van der Waals surface area contributed by atoms with Crippen molar-refractivity contribution in [2.24, 2.45) is 14.1 Å². The van der Waals surface area contributed by atoms with E-state index in [1.165, 1.54) is 0 Å². The summed E-state index contributed by atoms with van der Waals surface area (Å²) in [7, 11) is 3.69. The molecule has 0 bridgehead atoms. The molecule has 8 heteroatoms. The number of hydrogen-bond acceptors (Lipinski definition) is 4. The predicted octanol–water partition coefficient (Wildman–Crippen LogP) is 1.42. The molecule has 1 saturated heterocycles. The third kappa shape index (κ3) is 2.94. The van der Waals surface area contributed by atoms with Crippen LogP contribution >= 0.6 is 0 Å². The number of aromatic nitrogens is 4. The number of ether oxygens (including phenoxy) is 1. The lowest BCUT2D eigenvalue weighted by Gasteiger charge is -2.21. The highest BCUT2D eigenvalue weighted by molar-refractivity contribution is 5.88. The smallest absolute Gasteiger partial charge is 0.320 e. The van der Waals surface area contributed by atoms with Crippen molar-refractivity contribution in [3.63, 3.8) is 0 Å². The second kappa shape index (κ2) is 6.04. The number of carbonyl (C=O) groups excluding carboxylic acids is 1. The van der Waals surface area contributed by atoms with E-state index < -0.39 is 0 Å². The molecule has 23 heavy (non-hydrogen) atoms. The summed E-state index contributed by atoms with van der Waals surface area (Å²) in [5.41, 5.74) is 3.07. The standard InChI is InChI=1S/C15H22N6O2/c1-9-13(10(2)20(3)19-9)14-11(6-8-23-14)17-15(22)18-12-5-7-16-21(12)4/h5,7,11,14H,6,8H2,1-4H3,(H2,17,18,22)/t11-,14-/m0/s1. The van der Waals surface area contributed by atoms with E-state index in [-0.39, 0.29) is 18.2 Å². The molecule has 3 rings (SSSR count). The Hall–Kier alpha value is -2.35. The van der Waals surface area contributed by atoms with Gasteiger partial charge in [-0.05, 0) is 20.3 Å². The molecule has 1 aliphatic rings. The predicted molar refractivity (Wildman–Crippen MR) is 85.1 cm³/mol. The van der Waals surface area contributed by atoms with Crippen molar-refractivity contribution in [1.82, 2.24) is 24.9 Å². The van der Waals surface area contributed by atoms with E-state index in [1.54, 1.807) is 24.0 Å². The first-order chi connectivity index (χ1) is 11.0. The molecule has 0 radical (unpaired) electrons. The molecule has 2 N–H and O–H groups in total. The maximum Gasteiger partial charge on any atom is 0.320 e. The molecule has 124 valence electrons. The van der Waals surface area contributed by atoms with E-state index >= 15 is 0 Å². The van der Waals surface area contributed by atoms with Gasteiger partial charge in [-0.25, -0.2) is 4.79 Å². The summed E-state index contributed by atoms with van der Waals surface area (Å²) in [6, 6.07) is 1.41.